The summed E-state index contributed by atoms with van der Waals surface area (Å²) in [4.78, 5) is 13.7. The quantitative estimate of drug-likeness (QED) is 0.942. The number of hydrogen-bond donors (Lipinski definition) is 1. The Morgan fingerprint density at radius 3 is 3.04 bits per heavy atom. The van der Waals surface area contributed by atoms with Crippen molar-refractivity contribution in [3.63, 3.8) is 0 Å². The predicted octanol–water partition coefficient (Wildman–Crippen LogP) is 2.95. The van der Waals surface area contributed by atoms with Crippen molar-refractivity contribution >= 4 is 16.9 Å². The second-order valence-corrected chi connectivity index (χ2v) is 7.28. The first kappa shape index (κ1) is 14.5. The number of aromatic nitrogens is 1. The summed E-state index contributed by atoms with van der Waals surface area (Å²) in [6.07, 6.45) is 4.29. The second-order valence-electron chi connectivity index (χ2n) is 7.28. The maximum atomic E-state index is 11.0. The third-order valence-corrected chi connectivity index (χ3v) is 6.04. The highest BCUT2D eigenvalue weighted by atomic mass is 16.5. The number of piperidine rings is 1. The number of aliphatic carboxylic acids is 1. The van der Waals surface area contributed by atoms with E-state index in [1.165, 1.54) is 41.5 Å². The molecule has 1 N–H and O–H groups in total. The highest BCUT2D eigenvalue weighted by Gasteiger charge is 2.45. The van der Waals surface area contributed by atoms with Crippen molar-refractivity contribution in [1.82, 2.24) is 9.47 Å². The highest BCUT2D eigenvalue weighted by molar-refractivity contribution is 5.86. The Kier molecular flexibility index (Phi) is 3.22. The molecule has 5 rings (SSSR count). The van der Waals surface area contributed by atoms with E-state index in [0.717, 1.165) is 19.4 Å². The molecule has 3 aliphatic rings. The van der Waals surface area contributed by atoms with Gasteiger partial charge < -0.3 is 14.4 Å². The summed E-state index contributed by atoms with van der Waals surface area (Å²) in [5.41, 5.74) is 4.06. The van der Waals surface area contributed by atoms with E-state index in [4.69, 9.17) is 9.84 Å². The predicted molar refractivity (Wildman–Crippen MR) is 89.9 cm³/mol. The van der Waals surface area contributed by atoms with Gasteiger partial charge >= 0.3 is 5.97 Å². The van der Waals surface area contributed by atoms with Crippen LogP contribution in [-0.4, -0.2) is 40.2 Å². The zero-order valence-corrected chi connectivity index (χ0v) is 13.6. The number of carboxylic acids is 1. The van der Waals surface area contributed by atoms with Crippen LogP contribution in [0.4, 0.5) is 0 Å². The minimum absolute atomic E-state index is 0.158. The van der Waals surface area contributed by atoms with E-state index in [9.17, 15) is 4.79 Å². The molecule has 0 spiro atoms. The van der Waals surface area contributed by atoms with E-state index < -0.39 is 5.97 Å². The summed E-state index contributed by atoms with van der Waals surface area (Å²) in [6, 6.07) is 9.01. The first-order chi connectivity index (χ1) is 11.7. The highest BCUT2D eigenvalue weighted by Crippen LogP contribution is 2.51. The van der Waals surface area contributed by atoms with Crippen LogP contribution < -0.4 is 0 Å². The van der Waals surface area contributed by atoms with Gasteiger partial charge in [0.25, 0.3) is 0 Å². The van der Waals surface area contributed by atoms with Gasteiger partial charge in [-0.2, -0.15) is 0 Å². The molecule has 126 valence electrons. The summed E-state index contributed by atoms with van der Waals surface area (Å²) >= 11 is 0. The molecular weight excluding hydrogens is 304 g/mol. The van der Waals surface area contributed by atoms with Gasteiger partial charge in [-0.3, -0.25) is 4.90 Å². The van der Waals surface area contributed by atoms with Gasteiger partial charge in [-0.15, -0.1) is 0 Å². The molecule has 0 radical (unpaired) electrons. The van der Waals surface area contributed by atoms with Crippen LogP contribution in [0.25, 0.3) is 10.9 Å². The molecule has 3 atom stereocenters. The lowest BCUT2D eigenvalue weighted by atomic mass is 9.78. The molecule has 5 nitrogen and oxygen atoms in total. The van der Waals surface area contributed by atoms with Crippen molar-refractivity contribution in [3.05, 3.63) is 35.5 Å². The first-order valence-corrected chi connectivity index (χ1v) is 8.93. The van der Waals surface area contributed by atoms with E-state index in [0.29, 0.717) is 12.0 Å². The third-order valence-electron chi connectivity index (χ3n) is 6.04. The fraction of sp³-hybridized carbons (Fsp3) is 0.526. The summed E-state index contributed by atoms with van der Waals surface area (Å²) in [6.45, 7) is 2.10. The van der Waals surface area contributed by atoms with Crippen LogP contribution in [0.3, 0.4) is 0 Å². The lowest BCUT2D eigenvalue weighted by molar-refractivity contribution is -0.149. The minimum atomic E-state index is -0.896. The van der Waals surface area contributed by atoms with Gasteiger partial charge in [0, 0.05) is 17.6 Å². The summed E-state index contributed by atoms with van der Waals surface area (Å²) < 4.78 is 8.16. The van der Waals surface area contributed by atoms with Crippen LogP contribution in [0.5, 0.6) is 0 Å². The number of para-hydroxylation sites is 1. The fourth-order valence-corrected chi connectivity index (χ4v) is 5.22. The van der Waals surface area contributed by atoms with E-state index >= 15 is 0 Å². The van der Waals surface area contributed by atoms with Gasteiger partial charge in [-0.1, -0.05) is 18.2 Å². The van der Waals surface area contributed by atoms with Crippen LogP contribution in [0.1, 0.15) is 42.8 Å². The lowest BCUT2D eigenvalue weighted by Gasteiger charge is -2.49. The van der Waals surface area contributed by atoms with Crippen LogP contribution >= 0.6 is 0 Å². The molecule has 3 aliphatic heterocycles. The standard InChI is InChI=1S/C19H22N2O3/c22-17(23)11-24-16-10-12-4-3-8-20-9-7-14-13-5-1-2-6-15(13)21(16)19(14)18(12)20/h1-2,5-6,12,16,18H,3-4,7-11H2,(H,22,23)/t12-,16?,18+/m0/s1. The number of fused-ring (bicyclic) bond motifs is 3. The van der Waals surface area contributed by atoms with Crippen molar-refractivity contribution in [2.24, 2.45) is 5.92 Å². The molecule has 0 bridgehead atoms. The molecule has 4 heterocycles. The number of carboxylic acid groups (broad SMARTS) is 1. The molecule has 0 saturated carbocycles. The Morgan fingerprint density at radius 1 is 1.29 bits per heavy atom. The Balaban J connectivity index is 1.70. The average Bonchev–Trinajstić information content (AvgIpc) is 2.94. The smallest absolute Gasteiger partial charge is 0.329 e. The van der Waals surface area contributed by atoms with Crippen molar-refractivity contribution in [1.29, 1.82) is 0 Å². The molecule has 5 heteroatoms. The Hall–Kier alpha value is -1.85. The van der Waals surface area contributed by atoms with Crippen molar-refractivity contribution < 1.29 is 14.6 Å². The van der Waals surface area contributed by atoms with Crippen LogP contribution in [0.15, 0.2) is 24.3 Å². The molecule has 1 fully saturated rings. The van der Waals surface area contributed by atoms with Gasteiger partial charge in [0.15, 0.2) is 0 Å². The maximum Gasteiger partial charge on any atom is 0.329 e. The average molecular weight is 326 g/mol. The molecule has 2 aromatic rings. The van der Waals surface area contributed by atoms with E-state index in [2.05, 4.69) is 33.7 Å². The lowest BCUT2D eigenvalue weighted by Crippen LogP contribution is -2.47. The number of rotatable bonds is 3. The maximum absolute atomic E-state index is 11.0. The molecule has 0 aliphatic carbocycles. The van der Waals surface area contributed by atoms with E-state index in [1.807, 2.05) is 0 Å². The monoisotopic (exact) mass is 326 g/mol. The SMILES string of the molecule is O=C(O)COC1C[C@@H]2CCCN3CCc4c(n1c1ccccc41)[C@@H]23. The fourth-order valence-electron chi connectivity index (χ4n) is 5.22. The molecule has 1 aromatic carbocycles. The van der Waals surface area contributed by atoms with Gasteiger partial charge in [0.1, 0.15) is 12.8 Å². The zero-order chi connectivity index (χ0) is 16.3. The first-order valence-electron chi connectivity index (χ1n) is 8.93. The largest absolute Gasteiger partial charge is 0.480 e. The van der Waals surface area contributed by atoms with Gasteiger partial charge in [-0.05, 0) is 49.8 Å². The van der Waals surface area contributed by atoms with Gasteiger partial charge in [0.2, 0.25) is 0 Å². The number of hydrogen-bond acceptors (Lipinski definition) is 3. The number of carbonyl (C=O) groups is 1. The topological polar surface area (TPSA) is 54.7 Å². The number of nitrogens with zero attached hydrogens (tertiary/aromatic N) is 2. The van der Waals surface area contributed by atoms with E-state index in [-0.39, 0.29) is 12.8 Å². The molecule has 24 heavy (non-hydrogen) atoms. The van der Waals surface area contributed by atoms with Crippen LogP contribution in [0.2, 0.25) is 0 Å². The summed E-state index contributed by atoms with van der Waals surface area (Å²) in [5.74, 6) is -0.318. The van der Waals surface area contributed by atoms with Crippen molar-refractivity contribution in [2.45, 2.75) is 38.0 Å². The summed E-state index contributed by atoms with van der Waals surface area (Å²) in [5, 5.41) is 10.4. The van der Waals surface area contributed by atoms with Crippen LogP contribution in [-0.2, 0) is 16.0 Å². The normalized spacial score (nSPS) is 28.8. The second kappa shape index (κ2) is 5.33. The number of ether oxygens (including phenoxy) is 1. The van der Waals surface area contributed by atoms with E-state index in [1.54, 1.807) is 0 Å². The number of benzene rings is 1. The molecule has 1 aromatic heterocycles. The molecule has 1 unspecified atom stereocenters. The Labute approximate surface area is 140 Å². The minimum Gasteiger partial charge on any atom is -0.480 e. The van der Waals surface area contributed by atoms with Crippen molar-refractivity contribution in [3.8, 4) is 0 Å². The van der Waals surface area contributed by atoms with Gasteiger partial charge in [-0.25, -0.2) is 4.79 Å². The van der Waals surface area contributed by atoms with Gasteiger partial charge in [0.05, 0.1) is 11.6 Å². The summed E-state index contributed by atoms with van der Waals surface area (Å²) in [7, 11) is 0. The Morgan fingerprint density at radius 2 is 2.17 bits per heavy atom. The molecule has 1 saturated heterocycles. The van der Waals surface area contributed by atoms with Crippen LogP contribution in [0, 0.1) is 5.92 Å². The zero-order valence-electron chi connectivity index (χ0n) is 13.6. The van der Waals surface area contributed by atoms with Crippen molar-refractivity contribution in [2.75, 3.05) is 19.7 Å². The molecule has 0 amide bonds. The molecular formula is C19H22N2O3. The third kappa shape index (κ3) is 1.98. The Bertz CT molecular complexity index is 812.